The van der Waals surface area contributed by atoms with Crippen molar-refractivity contribution in [2.45, 2.75) is 25.7 Å². The van der Waals surface area contributed by atoms with E-state index in [-0.39, 0.29) is 11.4 Å². The molecule has 0 aliphatic carbocycles. The molecule has 2 aromatic carbocycles. The number of hydrogen-bond donors (Lipinski definition) is 0. The van der Waals surface area contributed by atoms with E-state index in [0.29, 0.717) is 34.9 Å². The summed E-state index contributed by atoms with van der Waals surface area (Å²) in [6, 6.07) is 12.5. The van der Waals surface area contributed by atoms with Gasteiger partial charge in [0.1, 0.15) is 12.4 Å². The molecule has 2 heterocycles. The zero-order valence-electron chi connectivity index (χ0n) is 15.4. The van der Waals surface area contributed by atoms with Crippen LogP contribution in [0.5, 0.6) is 5.75 Å². The van der Waals surface area contributed by atoms with Gasteiger partial charge in [0.25, 0.3) is 10.0 Å². The number of rotatable bonds is 3. The predicted octanol–water partition coefficient (Wildman–Crippen LogP) is 3.85. The van der Waals surface area contributed by atoms with Crippen LogP contribution in [0.3, 0.4) is 0 Å². The Bertz CT molecular complexity index is 1120. The third-order valence-electron chi connectivity index (χ3n) is 4.86. The van der Waals surface area contributed by atoms with Crippen LogP contribution in [0, 0.1) is 20.8 Å². The summed E-state index contributed by atoms with van der Waals surface area (Å²) in [4.78, 5) is 0.255. The van der Waals surface area contributed by atoms with Gasteiger partial charge < -0.3 is 9.26 Å². The molecule has 0 unspecified atom stereocenters. The Morgan fingerprint density at radius 3 is 2.59 bits per heavy atom. The number of aromatic nitrogens is 1. The van der Waals surface area contributed by atoms with Gasteiger partial charge in [-0.05, 0) is 44.5 Å². The highest BCUT2D eigenvalue weighted by atomic mass is 32.2. The minimum Gasteiger partial charge on any atom is -0.489 e. The number of hydrogen-bond acceptors (Lipinski definition) is 5. The van der Waals surface area contributed by atoms with Crippen LogP contribution in [0.15, 0.2) is 51.9 Å². The first-order valence-corrected chi connectivity index (χ1v) is 10.1. The van der Waals surface area contributed by atoms with Gasteiger partial charge in [-0.2, -0.15) is 0 Å². The quantitative estimate of drug-likeness (QED) is 0.686. The SMILES string of the molecule is Cc1ccc(-c2onc(C)c2C)cc1S(=O)(=O)N1CCOc2ccccc21. The molecule has 1 aliphatic heterocycles. The van der Waals surface area contributed by atoms with E-state index in [1.165, 1.54) is 4.31 Å². The number of benzene rings is 2. The first-order chi connectivity index (χ1) is 12.9. The zero-order chi connectivity index (χ0) is 19.2. The molecular formula is C20H20N2O4S. The van der Waals surface area contributed by atoms with Crippen molar-refractivity contribution in [3.8, 4) is 17.1 Å². The van der Waals surface area contributed by atoms with Gasteiger partial charge in [0, 0.05) is 11.1 Å². The van der Waals surface area contributed by atoms with Gasteiger partial charge in [0.05, 0.1) is 22.8 Å². The second-order valence-electron chi connectivity index (χ2n) is 6.60. The van der Waals surface area contributed by atoms with E-state index in [4.69, 9.17) is 9.26 Å². The Kier molecular flexibility index (Phi) is 4.19. The highest BCUT2D eigenvalue weighted by molar-refractivity contribution is 7.92. The lowest BCUT2D eigenvalue weighted by Gasteiger charge is -2.30. The molecule has 27 heavy (non-hydrogen) atoms. The lowest BCUT2D eigenvalue weighted by molar-refractivity contribution is 0.316. The fourth-order valence-corrected chi connectivity index (χ4v) is 4.93. The van der Waals surface area contributed by atoms with Crippen molar-refractivity contribution in [2.24, 2.45) is 0 Å². The van der Waals surface area contributed by atoms with E-state index >= 15 is 0 Å². The van der Waals surface area contributed by atoms with Gasteiger partial charge in [0.15, 0.2) is 5.76 Å². The van der Waals surface area contributed by atoms with Crippen molar-refractivity contribution in [3.05, 3.63) is 59.3 Å². The van der Waals surface area contributed by atoms with Crippen molar-refractivity contribution in [1.82, 2.24) is 5.16 Å². The fourth-order valence-electron chi connectivity index (χ4n) is 3.22. The minimum absolute atomic E-state index is 0.255. The number of ether oxygens (including phenoxy) is 1. The molecular weight excluding hydrogens is 364 g/mol. The molecule has 0 saturated heterocycles. The molecule has 0 amide bonds. The number of anilines is 1. The Morgan fingerprint density at radius 2 is 1.85 bits per heavy atom. The maximum absolute atomic E-state index is 13.5. The zero-order valence-corrected chi connectivity index (χ0v) is 16.2. The van der Waals surface area contributed by atoms with E-state index < -0.39 is 10.0 Å². The van der Waals surface area contributed by atoms with Gasteiger partial charge in [-0.25, -0.2) is 8.42 Å². The molecule has 3 aromatic rings. The van der Waals surface area contributed by atoms with E-state index in [1.54, 1.807) is 37.3 Å². The maximum atomic E-state index is 13.5. The number of para-hydroxylation sites is 2. The Labute approximate surface area is 158 Å². The lowest BCUT2D eigenvalue weighted by atomic mass is 10.1. The summed E-state index contributed by atoms with van der Waals surface area (Å²) in [5.74, 6) is 1.16. The fraction of sp³-hybridized carbons (Fsp3) is 0.250. The third-order valence-corrected chi connectivity index (χ3v) is 6.82. The van der Waals surface area contributed by atoms with E-state index in [0.717, 1.165) is 11.3 Å². The maximum Gasteiger partial charge on any atom is 0.264 e. The smallest absolute Gasteiger partial charge is 0.264 e. The molecule has 0 saturated carbocycles. The number of nitrogens with zero attached hydrogens (tertiary/aromatic N) is 2. The molecule has 1 aromatic heterocycles. The van der Waals surface area contributed by atoms with Crippen molar-refractivity contribution < 1.29 is 17.7 Å². The lowest BCUT2D eigenvalue weighted by Crippen LogP contribution is -2.38. The molecule has 0 spiro atoms. The van der Waals surface area contributed by atoms with Gasteiger partial charge in [-0.1, -0.05) is 29.4 Å². The molecule has 0 radical (unpaired) electrons. The number of aryl methyl sites for hydroxylation is 2. The topological polar surface area (TPSA) is 72.6 Å². The second-order valence-corrected chi connectivity index (χ2v) is 8.43. The van der Waals surface area contributed by atoms with Crippen molar-refractivity contribution >= 4 is 15.7 Å². The summed E-state index contributed by atoms with van der Waals surface area (Å²) in [5, 5.41) is 3.98. The normalized spacial score (nSPS) is 14.0. The molecule has 6 nitrogen and oxygen atoms in total. The summed E-state index contributed by atoms with van der Waals surface area (Å²) in [6.45, 7) is 6.15. The summed E-state index contributed by atoms with van der Waals surface area (Å²) < 4.78 is 39.4. The van der Waals surface area contributed by atoms with Crippen LogP contribution in [0.25, 0.3) is 11.3 Å². The molecule has 0 fully saturated rings. The van der Waals surface area contributed by atoms with Gasteiger partial charge in [-0.15, -0.1) is 0 Å². The van der Waals surface area contributed by atoms with Gasteiger partial charge in [-0.3, -0.25) is 4.31 Å². The van der Waals surface area contributed by atoms with Crippen LogP contribution in [-0.4, -0.2) is 26.7 Å². The first kappa shape index (κ1) is 17.6. The predicted molar refractivity (Wildman–Crippen MR) is 103 cm³/mol. The molecule has 0 N–H and O–H groups in total. The molecule has 1 aliphatic rings. The molecule has 4 rings (SSSR count). The highest BCUT2D eigenvalue weighted by Gasteiger charge is 2.31. The van der Waals surface area contributed by atoms with Crippen LogP contribution >= 0.6 is 0 Å². The van der Waals surface area contributed by atoms with Crippen molar-refractivity contribution in [3.63, 3.8) is 0 Å². The second kappa shape index (κ2) is 6.42. The molecule has 140 valence electrons. The minimum atomic E-state index is -3.75. The third kappa shape index (κ3) is 2.88. The van der Waals surface area contributed by atoms with Crippen molar-refractivity contribution in [2.75, 3.05) is 17.5 Å². The Balaban J connectivity index is 1.84. The van der Waals surface area contributed by atoms with Crippen molar-refractivity contribution in [1.29, 1.82) is 0 Å². The standard InChI is InChI=1S/C20H20N2O4S/c1-13-8-9-16(20-14(2)15(3)21-26-20)12-19(13)27(23,24)22-10-11-25-18-7-5-4-6-17(18)22/h4-9,12H,10-11H2,1-3H3. The average Bonchev–Trinajstić information content (AvgIpc) is 3.00. The Morgan fingerprint density at radius 1 is 1.07 bits per heavy atom. The largest absolute Gasteiger partial charge is 0.489 e. The molecule has 0 bridgehead atoms. The van der Waals surface area contributed by atoms with Crippen LogP contribution in [0.1, 0.15) is 16.8 Å². The first-order valence-electron chi connectivity index (χ1n) is 8.68. The van der Waals surface area contributed by atoms with Crippen LogP contribution < -0.4 is 9.04 Å². The van der Waals surface area contributed by atoms with Crippen LogP contribution in [0.4, 0.5) is 5.69 Å². The average molecular weight is 384 g/mol. The van der Waals surface area contributed by atoms with E-state index in [2.05, 4.69) is 5.16 Å². The van der Waals surface area contributed by atoms with Crippen LogP contribution in [-0.2, 0) is 10.0 Å². The Hall–Kier alpha value is -2.80. The summed E-state index contributed by atoms with van der Waals surface area (Å²) in [7, 11) is -3.75. The molecule has 0 atom stereocenters. The number of sulfonamides is 1. The van der Waals surface area contributed by atoms with Gasteiger partial charge in [0.2, 0.25) is 0 Å². The van der Waals surface area contributed by atoms with Crippen LogP contribution in [0.2, 0.25) is 0 Å². The van der Waals surface area contributed by atoms with Gasteiger partial charge >= 0.3 is 0 Å². The summed E-state index contributed by atoms with van der Waals surface area (Å²) in [6.07, 6.45) is 0. The summed E-state index contributed by atoms with van der Waals surface area (Å²) in [5.41, 5.74) is 3.62. The van der Waals surface area contributed by atoms with E-state index in [9.17, 15) is 8.42 Å². The highest BCUT2D eigenvalue weighted by Crippen LogP contribution is 2.37. The monoisotopic (exact) mass is 384 g/mol. The summed E-state index contributed by atoms with van der Waals surface area (Å²) >= 11 is 0. The molecule has 7 heteroatoms. The van der Waals surface area contributed by atoms with E-state index in [1.807, 2.05) is 26.0 Å². The number of fused-ring (bicyclic) bond motifs is 1.